The van der Waals surface area contributed by atoms with Gasteiger partial charge in [0, 0.05) is 12.4 Å². The molecule has 0 aliphatic carbocycles. The van der Waals surface area contributed by atoms with E-state index in [0.29, 0.717) is 17.9 Å². The van der Waals surface area contributed by atoms with Crippen LogP contribution in [0.2, 0.25) is 0 Å². The summed E-state index contributed by atoms with van der Waals surface area (Å²) in [5, 5.41) is 19.9. The van der Waals surface area contributed by atoms with E-state index >= 15 is 0 Å². The second kappa shape index (κ2) is 5.09. The zero-order valence-electron chi connectivity index (χ0n) is 11.4. The Bertz CT molecular complexity index is 802. The highest BCUT2D eigenvalue weighted by atomic mass is 32.1. The number of rotatable bonds is 4. The molecule has 0 saturated carbocycles. The number of carboxylic acid groups (broad SMARTS) is 1. The van der Waals surface area contributed by atoms with Crippen molar-refractivity contribution in [2.75, 3.05) is 0 Å². The quantitative estimate of drug-likeness (QED) is 0.777. The maximum absolute atomic E-state index is 11.3. The molecule has 1 N–H and O–H groups in total. The molecule has 0 bridgehead atoms. The summed E-state index contributed by atoms with van der Waals surface area (Å²) in [5.74, 6) is -1.12. The van der Waals surface area contributed by atoms with Gasteiger partial charge in [0.2, 0.25) is 0 Å². The van der Waals surface area contributed by atoms with Crippen molar-refractivity contribution in [1.82, 2.24) is 29.5 Å². The summed E-state index contributed by atoms with van der Waals surface area (Å²) >= 11 is 1.54. The number of nitrogens with zero attached hydrogens (tertiary/aromatic N) is 6. The van der Waals surface area contributed by atoms with Crippen molar-refractivity contribution < 1.29 is 9.90 Å². The fraction of sp³-hybridized carbons (Fsp3) is 0.250. The highest BCUT2D eigenvalue weighted by Gasteiger charge is 2.23. The van der Waals surface area contributed by atoms with Gasteiger partial charge in [-0.1, -0.05) is 5.21 Å². The lowest BCUT2D eigenvalue weighted by atomic mass is 10.2. The van der Waals surface area contributed by atoms with Gasteiger partial charge in [-0.05, 0) is 6.92 Å². The number of imidazole rings is 1. The molecule has 0 spiro atoms. The van der Waals surface area contributed by atoms with Crippen LogP contribution in [-0.4, -0.2) is 40.6 Å². The van der Waals surface area contributed by atoms with Crippen molar-refractivity contribution in [3.63, 3.8) is 0 Å². The Labute approximate surface area is 123 Å². The van der Waals surface area contributed by atoms with Crippen molar-refractivity contribution in [2.45, 2.75) is 13.5 Å². The highest BCUT2D eigenvalue weighted by molar-refractivity contribution is 7.09. The summed E-state index contributed by atoms with van der Waals surface area (Å²) in [5.41, 5.74) is 1.80. The van der Waals surface area contributed by atoms with Crippen LogP contribution in [0.3, 0.4) is 0 Å². The number of carboxylic acids is 1. The van der Waals surface area contributed by atoms with Gasteiger partial charge in [0.15, 0.2) is 5.69 Å². The highest BCUT2D eigenvalue weighted by Crippen LogP contribution is 2.22. The van der Waals surface area contributed by atoms with E-state index in [1.54, 1.807) is 24.1 Å². The number of aromatic carboxylic acids is 1. The molecule has 0 aromatic carbocycles. The maximum Gasteiger partial charge on any atom is 0.358 e. The molecule has 0 aliphatic heterocycles. The van der Waals surface area contributed by atoms with Crippen LogP contribution >= 0.6 is 11.3 Å². The van der Waals surface area contributed by atoms with Crippen LogP contribution in [0, 0.1) is 6.92 Å². The third-order valence-corrected chi connectivity index (χ3v) is 3.80. The first kappa shape index (κ1) is 13.4. The SMILES string of the molecule is Cc1nc(Cn2nnc(C(=O)O)c2-c2cncn2C)cs1. The lowest BCUT2D eigenvalue weighted by molar-refractivity contribution is 0.0691. The van der Waals surface area contributed by atoms with Gasteiger partial charge in [-0.25, -0.2) is 19.4 Å². The van der Waals surface area contributed by atoms with E-state index in [2.05, 4.69) is 20.3 Å². The van der Waals surface area contributed by atoms with Gasteiger partial charge in [0.1, 0.15) is 5.69 Å². The molecule has 0 unspecified atom stereocenters. The molecule has 21 heavy (non-hydrogen) atoms. The predicted octanol–water partition coefficient (Wildman–Crippen LogP) is 1.19. The molecular weight excluding hydrogens is 292 g/mol. The third kappa shape index (κ3) is 2.42. The lowest BCUT2D eigenvalue weighted by Gasteiger charge is -2.06. The number of aryl methyl sites for hydroxylation is 2. The van der Waals surface area contributed by atoms with Crippen LogP contribution in [-0.2, 0) is 13.6 Å². The summed E-state index contributed by atoms with van der Waals surface area (Å²) in [6.45, 7) is 2.28. The molecule has 3 aromatic rings. The fourth-order valence-electron chi connectivity index (χ4n) is 2.04. The van der Waals surface area contributed by atoms with Gasteiger partial charge < -0.3 is 9.67 Å². The van der Waals surface area contributed by atoms with Crippen LogP contribution in [0.25, 0.3) is 11.4 Å². The standard InChI is InChI=1S/C12H12N6O2S/c1-7-14-8(5-21-7)4-18-11(9-3-13-6-17(9)2)10(12(19)20)15-16-18/h3,5-6H,4H2,1-2H3,(H,19,20). The first-order valence-corrected chi connectivity index (χ1v) is 6.98. The third-order valence-electron chi connectivity index (χ3n) is 2.98. The van der Waals surface area contributed by atoms with Crippen LogP contribution in [0.5, 0.6) is 0 Å². The minimum atomic E-state index is -1.12. The van der Waals surface area contributed by atoms with E-state index < -0.39 is 5.97 Å². The summed E-state index contributed by atoms with van der Waals surface area (Å²) < 4.78 is 3.27. The number of carbonyl (C=O) groups is 1. The van der Waals surface area contributed by atoms with Crippen LogP contribution in [0.15, 0.2) is 17.9 Å². The first-order chi connectivity index (χ1) is 10.1. The smallest absolute Gasteiger partial charge is 0.358 e. The Morgan fingerprint density at radius 3 is 2.86 bits per heavy atom. The number of hydrogen-bond acceptors (Lipinski definition) is 6. The van der Waals surface area contributed by atoms with Gasteiger partial charge in [0.25, 0.3) is 0 Å². The fourth-order valence-corrected chi connectivity index (χ4v) is 2.64. The molecular formula is C12H12N6O2S. The Morgan fingerprint density at radius 1 is 1.48 bits per heavy atom. The van der Waals surface area contributed by atoms with E-state index in [9.17, 15) is 9.90 Å². The molecule has 8 nitrogen and oxygen atoms in total. The Kier molecular flexibility index (Phi) is 3.26. The second-order valence-corrected chi connectivity index (χ2v) is 5.56. The predicted molar refractivity (Wildman–Crippen MR) is 75.1 cm³/mol. The van der Waals surface area contributed by atoms with E-state index in [-0.39, 0.29) is 5.69 Å². The van der Waals surface area contributed by atoms with Gasteiger partial charge in [-0.3, -0.25) is 0 Å². The summed E-state index contributed by atoms with van der Waals surface area (Å²) in [6, 6.07) is 0. The maximum atomic E-state index is 11.3. The number of aromatic nitrogens is 6. The minimum absolute atomic E-state index is 0.0921. The van der Waals surface area contributed by atoms with E-state index in [4.69, 9.17) is 0 Å². The van der Waals surface area contributed by atoms with Crippen molar-refractivity contribution >= 4 is 17.3 Å². The van der Waals surface area contributed by atoms with E-state index in [0.717, 1.165) is 10.7 Å². The largest absolute Gasteiger partial charge is 0.476 e. The lowest BCUT2D eigenvalue weighted by Crippen LogP contribution is -2.08. The van der Waals surface area contributed by atoms with Crippen LogP contribution in [0.1, 0.15) is 21.2 Å². The molecule has 0 amide bonds. The zero-order chi connectivity index (χ0) is 15.0. The minimum Gasteiger partial charge on any atom is -0.476 e. The van der Waals surface area contributed by atoms with E-state index in [1.165, 1.54) is 16.0 Å². The molecule has 108 valence electrons. The molecule has 3 aromatic heterocycles. The monoisotopic (exact) mass is 304 g/mol. The van der Waals surface area contributed by atoms with Gasteiger partial charge in [0.05, 0.1) is 35.5 Å². The van der Waals surface area contributed by atoms with Gasteiger partial charge in [-0.15, -0.1) is 16.4 Å². The van der Waals surface area contributed by atoms with Gasteiger partial charge in [-0.2, -0.15) is 0 Å². The average Bonchev–Trinajstić information content (AvgIpc) is 3.11. The summed E-state index contributed by atoms with van der Waals surface area (Å²) in [6.07, 6.45) is 3.19. The van der Waals surface area contributed by atoms with Crippen molar-refractivity contribution in [3.8, 4) is 11.4 Å². The van der Waals surface area contributed by atoms with Crippen molar-refractivity contribution in [2.24, 2.45) is 7.05 Å². The van der Waals surface area contributed by atoms with Crippen LogP contribution < -0.4 is 0 Å². The Morgan fingerprint density at radius 2 is 2.29 bits per heavy atom. The Hall–Kier alpha value is -2.55. The normalized spacial score (nSPS) is 11.0. The zero-order valence-corrected chi connectivity index (χ0v) is 12.2. The molecule has 0 fully saturated rings. The molecule has 0 aliphatic rings. The first-order valence-electron chi connectivity index (χ1n) is 6.10. The van der Waals surface area contributed by atoms with Gasteiger partial charge >= 0.3 is 5.97 Å². The average molecular weight is 304 g/mol. The molecule has 3 rings (SSSR count). The molecule has 3 heterocycles. The topological polar surface area (TPSA) is 98.7 Å². The molecule has 9 heteroatoms. The summed E-state index contributed by atoms with van der Waals surface area (Å²) in [4.78, 5) is 19.7. The van der Waals surface area contributed by atoms with Crippen molar-refractivity contribution in [3.05, 3.63) is 34.3 Å². The molecule has 0 radical (unpaired) electrons. The van der Waals surface area contributed by atoms with E-state index in [1.807, 2.05) is 12.3 Å². The molecule has 0 saturated heterocycles. The Balaban J connectivity index is 2.09. The van der Waals surface area contributed by atoms with Crippen LogP contribution in [0.4, 0.5) is 0 Å². The summed E-state index contributed by atoms with van der Waals surface area (Å²) in [7, 11) is 1.79. The van der Waals surface area contributed by atoms with Crippen molar-refractivity contribution in [1.29, 1.82) is 0 Å². The second-order valence-electron chi connectivity index (χ2n) is 4.50. The number of hydrogen-bond donors (Lipinski definition) is 1. The molecule has 0 atom stereocenters. The number of thiazole rings is 1.